The zero-order valence-electron chi connectivity index (χ0n) is 16.7. The Balaban J connectivity index is 1.79. The molecule has 0 radical (unpaired) electrons. The second-order valence-corrected chi connectivity index (χ2v) is 8.43. The average Bonchev–Trinajstić information content (AvgIpc) is 2.93. The molecule has 2 aromatic carbocycles. The summed E-state index contributed by atoms with van der Waals surface area (Å²) in [4.78, 5) is 28.9. The maximum absolute atomic E-state index is 14.1. The number of benzene rings is 2. The van der Waals surface area contributed by atoms with Gasteiger partial charge in [0.2, 0.25) is 5.43 Å². The molecule has 2 aliphatic heterocycles. The standard InChI is InChI=1S/C22H19FN4O3S/c1-2-25-12-26(27-20(22(25)30)21(29)17(28)10-24-27)19-15-8-7-14(23)9-13(15)11-31-18-6-4-3-5-16(18)19/h3-10,19,29H,2,11-12H2,1H3. The van der Waals surface area contributed by atoms with E-state index in [0.717, 1.165) is 27.8 Å². The van der Waals surface area contributed by atoms with Crippen molar-refractivity contribution in [2.75, 3.05) is 18.2 Å². The van der Waals surface area contributed by atoms with Crippen LogP contribution in [-0.2, 0) is 5.75 Å². The van der Waals surface area contributed by atoms with Crippen LogP contribution in [0.4, 0.5) is 4.39 Å². The molecule has 1 amide bonds. The van der Waals surface area contributed by atoms with Crippen molar-refractivity contribution in [2.24, 2.45) is 0 Å². The van der Waals surface area contributed by atoms with Crippen molar-refractivity contribution >= 4 is 17.7 Å². The lowest BCUT2D eigenvalue weighted by Gasteiger charge is -2.42. The van der Waals surface area contributed by atoms with Gasteiger partial charge >= 0.3 is 0 Å². The van der Waals surface area contributed by atoms with Crippen LogP contribution in [0.25, 0.3) is 0 Å². The quantitative estimate of drug-likeness (QED) is 0.663. The molecule has 3 aromatic rings. The number of hydrogen-bond acceptors (Lipinski definition) is 6. The number of fused-ring (bicyclic) bond motifs is 3. The normalized spacial score (nSPS) is 17.6. The summed E-state index contributed by atoms with van der Waals surface area (Å²) in [6, 6.07) is 12.2. The fourth-order valence-electron chi connectivity index (χ4n) is 4.15. The smallest absolute Gasteiger partial charge is 0.279 e. The first-order valence-corrected chi connectivity index (χ1v) is 10.9. The van der Waals surface area contributed by atoms with Crippen molar-refractivity contribution in [1.82, 2.24) is 14.8 Å². The highest BCUT2D eigenvalue weighted by Crippen LogP contribution is 2.42. The lowest BCUT2D eigenvalue weighted by Crippen LogP contribution is -2.56. The highest BCUT2D eigenvalue weighted by atomic mass is 32.2. The molecule has 0 saturated carbocycles. The minimum absolute atomic E-state index is 0.168. The summed E-state index contributed by atoms with van der Waals surface area (Å²) < 4.78 is 14.1. The average molecular weight is 438 g/mol. The summed E-state index contributed by atoms with van der Waals surface area (Å²) in [5, 5.41) is 16.4. The Kier molecular flexibility index (Phi) is 4.70. The van der Waals surface area contributed by atoms with Crippen LogP contribution in [0.5, 0.6) is 5.75 Å². The molecular weight excluding hydrogens is 419 g/mol. The summed E-state index contributed by atoms with van der Waals surface area (Å²) in [7, 11) is 0. The third-order valence-electron chi connectivity index (χ3n) is 5.67. The highest BCUT2D eigenvalue weighted by molar-refractivity contribution is 7.98. The molecule has 0 bridgehead atoms. The number of hydrogen-bond donors (Lipinski definition) is 1. The lowest BCUT2D eigenvalue weighted by atomic mass is 9.94. The third kappa shape index (κ3) is 3.07. The summed E-state index contributed by atoms with van der Waals surface area (Å²) >= 11 is 1.62. The Morgan fingerprint density at radius 3 is 2.81 bits per heavy atom. The van der Waals surface area contributed by atoms with Crippen molar-refractivity contribution in [1.29, 1.82) is 0 Å². The van der Waals surface area contributed by atoms with E-state index in [1.54, 1.807) is 22.7 Å². The molecule has 1 aromatic heterocycles. The molecule has 1 N–H and O–H groups in total. The van der Waals surface area contributed by atoms with Gasteiger partial charge in [-0.2, -0.15) is 9.89 Å². The third-order valence-corrected chi connectivity index (χ3v) is 6.81. The van der Waals surface area contributed by atoms with Gasteiger partial charge in [-0.3, -0.25) is 14.6 Å². The molecule has 1 atom stereocenters. The van der Waals surface area contributed by atoms with Crippen LogP contribution in [0, 0.1) is 5.82 Å². The summed E-state index contributed by atoms with van der Waals surface area (Å²) in [6.07, 6.45) is 1.00. The number of thioether (sulfide) groups is 1. The minimum Gasteiger partial charge on any atom is -0.502 e. The van der Waals surface area contributed by atoms with E-state index in [-0.39, 0.29) is 18.2 Å². The summed E-state index contributed by atoms with van der Waals surface area (Å²) in [5.41, 5.74) is 1.83. The first-order chi connectivity index (χ1) is 15.0. The van der Waals surface area contributed by atoms with Gasteiger partial charge in [-0.1, -0.05) is 24.3 Å². The SMILES string of the molecule is CCN1CN(C2c3ccc(F)cc3CSc3ccccc32)n2ncc(=O)c(O)c2C1=O. The van der Waals surface area contributed by atoms with Gasteiger partial charge in [0.05, 0.1) is 0 Å². The number of amides is 1. The largest absolute Gasteiger partial charge is 0.502 e. The second kappa shape index (κ2) is 7.42. The van der Waals surface area contributed by atoms with Gasteiger partial charge in [0.25, 0.3) is 5.91 Å². The van der Waals surface area contributed by atoms with Crippen LogP contribution < -0.4 is 10.4 Å². The molecule has 5 rings (SSSR count). The van der Waals surface area contributed by atoms with Gasteiger partial charge in [0, 0.05) is 17.2 Å². The van der Waals surface area contributed by atoms with Crippen molar-refractivity contribution < 1.29 is 14.3 Å². The Hall–Kier alpha value is -3.33. The van der Waals surface area contributed by atoms with Crippen molar-refractivity contribution in [2.45, 2.75) is 23.6 Å². The molecule has 0 fully saturated rings. The topological polar surface area (TPSA) is 78.7 Å². The Morgan fingerprint density at radius 1 is 1.19 bits per heavy atom. The molecule has 158 valence electrons. The van der Waals surface area contributed by atoms with E-state index in [9.17, 15) is 19.1 Å². The molecule has 9 heteroatoms. The number of carbonyl (C=O) groups is 1. The van der Waals surface area contributed by atoms with Gasteiger partial charge in [-0.05, 0) is 41.8 Å². The molecular formula is C22H19FN4O3S. The number of halogens is 1. The number of nitrogens with zero attached hydrogens (tertiary/aromatic N) is 4. The second-order valence-electron chi connectivity index (χ2n) is 7.41. The van der Waals surface area contributed by atoms with E-state index in [4.69, 9.17) is 0 Å². The van der Waals surface area contributed by atoms with Gasteiger partial charge in [-0.25, -0.2) is 4.39 Å². The fraction of sp³-hybridized carbons (Fsp3) is 0.227. The zero-order valence-corrected chi connectivity index (χ0v) is 17.5. The highest BCUT2D eigenvalue weighted by Gasteiger charge is 2.38. The van der Waals surface area contributed by atoms with Gasteiger partial charge in [-0.15, -0.1) is 11.8 Å². The molecule has 7 nitrogen and oxygen atoms in total. The molecule has 2 aliphatic rings. The van der Waals surface area contributed by atoms with E-state index in [1.165, 1.54) is 16.9 Å². The maximum atomic E-state index is 14.1. The maximum Gasteiger partial charge on any atom is 0.279 e. The van der Waals surface area contributed by atoms with Gasteiger partial charge in [0.1, 0.15) is 24.7 Å². The molecule has 0 spiro atoms. The van der Waals surface area contributed by atoms with Crippen LogP contribution in [-0.4, -0.2) is 39.0 Å². The van der Waals surface area contributed by atoms with E-state index < -0.39 is 23.1 Å². The van der Waals surface area contributed by atoms with Crippen LogP contribution >= 0.6 is 11.8 Å². The molecule has 0 saturated heterocycles. The predicted molar refractivity (Wildman–Crippen MR) is 114 cm³/mol. The van der Waals surface area contributed by atoms with Gasteiger partial charge < -0.3 is 10.0 Å². The zero-order chi connectivity index (χ0) is 21.7. The van der Waals surface area contributed by atoms with E-state index in [0.29, 0.717) is 12.3 Å². The van der Waals surface area contributed by atoms with Crippen LogP contribution in [0.3, 0.4) is 0 Å². The number of carbonyl (C=O) groups excluding carboxylic acids is 1. The molecule has 1 unspecified atom stereocenters. The van der Waals surface area contributed by atoms with Crippen molar-refractivity contribution in [3.8, 4) is 5.75 Å². The summed E-state index contributed by atoms with van der Waals surface area (Å²) in [6.45, 7) is 2.41. The molecule has 0 aliphatic carbocycles. The van der Waals surface area contributed by atoms with Gasteiger partial charge in [0.15, 0.2) is 11.4 Å². The van der Waals surface area contributed by atoms with E-state index in [1.807, 2.05) is 36.2 Å². The van der Waals surface area contributed by atoms with Crippen LogP contribution in [0.1, 0.15) is 40.1 Å². The number of aromatic nitrogens is 2. The molecule has 31 heavy (non-hydrogen) atoms. The Labute approximate surface area is 181 Å². The van der Waals surface area contributed by atoms with E-state index >= 15 is 0 Å². The van der Waals surface area contributed by atoms with Crippen LogP contribution in [0.2, 0.25) is 0 Å². The first-order valence-electron chi connectivity index (χ1n) is 9.87. The fourth-order valence-corrected chi connectivity index (χ4v) is 5.23. The monoisotopic (exact) mass is 438 g/mol. The van der Waals surface area contributed by atoms with Crippen molar-refractivity contribution in [3.63, 3.8) is 0 Å². The van der Waals surface area contributed by atoms with Crippen molar-refractivity contribution in [3.05, 3.63) is 87.1 Å². The lowest BCUT2D eigenvalue weighted by molar-refractivity contribution is 0.0678. The first kappa shape index (κ1) is 19.6. The van der Waals surface area contributed by atoms with E-state index in [2.05, 4.69) is 5.10 Å². The summed E-state index contributed by atoms with van der Waals surface area (Å²) in [5.74, 6) is -0.802. The number of rotatable bonds is 2. The van der Waals surface area contributed by atoms with Crippen LogP contribution in [0.15, 0.2) is 58.4 Å². The predicted octanol–water partition coefficient (Wildman–Crippen LogP) is 2.85. The molecule has 3 heterocycles. The Bertz CT molecular complexity index is 1260. The number of aromatic hydroxyl groups is 1. The minimum atomic E-state index is -0.711. The Morgan fingerprint density at radius 2 is 2.00 bits per heavy atom.